The zero-order valence-corrected chi connectivity index (χ0v) is 15.9. The first-order valence-electron chi connectivity index (χ1n) is 8.61. The topological polar surface area (TPSA) is 64.4 Å². The molecule has 142 valence electrons. The van der Waals surface area contributed by atoms with Gasteiger partial charge in [-0.15, -0.1) is 0 Å². The lowest BCUT2D eigenvalue weighted by atomic mass is 10.1. The Hall–Kier alpha value is -1.77. The Morgan fingerprint density at radius 2 is 2.08 bits per heavy atom. The zero-order valence-electron chi connectivity index (χ0n) is 15.1. The maximum absolute atomic E-state index is 14.1. The summed E-state index contributed by atoms with van der Waals surface area (Å²) in [7, 11) is -1.81. The molecule has 1 aromatic heterocycles. The SMILES string of the molecule is CO[C@@H]1CCCN(Cc2cnc(S(C)(=O)=O)n2Cc2ccccc2F)C1. The van der Waals surface area contributed by atoms with E-state index < -0.39 is 9.84 Å². The normalized spacial score (nSPS) is 19.0. The molecule has 1 aliphatic heterocycles. The predicted octanol–water partition coefficient (Wildman–Crippen LogP) is 2.08. The summed E-state index contributed by atoms with van der Waals surface area (Å²) in [4.78, 5) is 6.33. The molecule has 0 saturated carbocycles. The Morgan fingerprint density at radius 1 is 1.31 bits per heavy atom. The fraction of sp³-hybridized carbons (Fsp3) is 0.500. The molecule has 0 aliphatic carbocycles. The van der Waals surface area contributed by atoms with E-state index in [1.807, 2.05) is 0 Å². The van der Waals surface area contributed by atoms with Gasteiger partial charge >= 0.3 is 0 Å². The smallest absolute Gasteiger partial charge is 0.227 e. The monoisotopic (exact) mass is 381 g/mol. The molecule has 1 fully saturated rings. The molecular formula is C18H24FN3O3S. The number of benzene rings is 1. The standard InChI is InChI=1S/C18H24FN3O3S/c1-25-16-7-5-9-21(13-16)12-15-10-20-18(26(2,23)24)22(15)11-14-6-3-4-8-17(14)19/h3-4,6,8,10,16H,5,7,9,11-13H2,1-2H3/t16-/m1/s1. The van der Waals surface area contributed by atoms with E-state index in [1.54, 1.807) is 36.1 Å². The lowest BCUT2D eigenvalue weighted by molar-refractivity contribution is 0.0277. The van der Waals surface area contributed by atoms with Crippen LogP contribution in [0.25, 0.3) is 0 Å². The number of hydrogen-bond acceptors (Lipinski definition) is 5. The van der Waals surface area contributed by atoms with Crippen LogP contribution in [0, 0.1) is 5.82 Å². The first kappa shape index (κ1) is 19.0. The van der Waals surface area contributed by atoms with E-state index in [4.69, 9.17) is 4.74 Å². The second kappa shape index (κ2) is 7.85. The Kier molecular flexibility index (Phi) is 5.74. The highest BCUT2D eigenvalue weighted by atomic mass is 32.2. The minimum atomic E-state index is -3.52. The quantitative estimate of drug-likeness (QED) is 0.767. The second-order valence-corrected chi connectivity index (χ2v) is 8.63. The van der Waals surface area contributed by atoms with Crippen LogP contribution in [0.5, 0.6) is 0 Å². The fourth-order valence-corrected chi connectivity index (χ4v) is 4.18. The van der Waals surface area contributed by atoms with Gasteiger partial charge in [-0.1, -0.05) is 18.2 Å². The van der Waals surface area contributed by atoms with Gasteiger partial charge in [-0.05, 0) is 25.5 Å². The first-order valence-corrected chi connectivity index (χ1v) is 10.5. The number of piperidine rings is 1. The molecule has 3 rings (SSSR count). The van der Waals surface area contributed by atoms with Crippen molar-refractivity contribution in [2.24, 2.45) is 0 Å². The molecule has 0 radical (unpaired) electrons. The fourth-order valence-electron chi connectivity index (χ4n) is 3.36. The average molecular weight is 381 g/mol. The van der Waals surface area contributed by atoms with Gasteiger partial charge < -0.3 is 9.30 Å². The lowest BCUT2D eigenvalue weighted by Gasteiger charge is -2.32. The highest BCUT2D eigenvalue weighted by Crippen LogP contribution is 2.20. The van der Waals surface area contributed by atoms with Crippen LogP contribution >= 0.6 is 0 Å². The van der Waals surface area contributed by atoms with Crippen LogP contribution in [0.4, 0.5) is 4.39 Å². The van der Waals surface area contributed by atoms with E-state index in [-0.39, 0.29) is 23.6 Å². The number of halogens is 1. The van der Waals surface area contributed by atoms with E-state index in [9.17, 15) is 12.8 Å². The Morgan fingerprint density at radius 3 is 2.77 bits per heavy atom. The number of sulfone groups is 1. The molecule has 8 heteroatoms. The molecule has 0 unspecified atom stereocenters. The number of ether oxygens (including phenoxy) is 1. The van der Waals surface area contributed by atoms with Crippen LogP contribution in [-0.4, -0.2) is 55.4 Å². The zero-order chi connectivity index (χ0) is 18.7. The van der Waals surface area contributed by atoms with Crippen molar-refractivity contribution in [2.75, 3.05) is 26.5 Å². The molecule has 2 aromatic rings. The van der Waals surface area contributed by atoms with Crippen molar-refractivity contribution in [3.63, 3.8) is 0 Å². The predicted molar refractivity (Wildman–Crippen MR) is 96.1 cm³/mol. The van der Waals surface area contributed by atoms with Gasteiger partial charge in [0, 0.05) is 32.0 Å². The molecule has 2 heterocycles. The number of nitrogens with zero attached hydrogens (tertiary/aromatic N) is 3. The van der Waals surface area contributed by atoms with Crippen molar-refractivity contribution in [2.45, 2.75) is 37.2 Å². The van der Waals surface area contributed by atoms with Gasteiger partial charge in [0.05, 0.1) is 24.5 Å². The van der Waals surface area contributed by atoms with E-state index in [1.165, 1.54) is 6.07 Å². The average Bonchev–Trinajstić information content (AvgIpc) is 3.00. The minimum absolute atomic E-state index is 0.0314. The highest BCUT2D eigenvalue weighted by Gasteiger charge is 2.24. The summed E-state index contributed by atoms with van der Waals surface area (Å²) in [5, 5.41) is -0.0314. The van der Waals surface area contributed by atoms with Gasteiger partial charge in [0.2, 0.25) is 15.0 Å². The van der Waals surface area contributed by atoms with Crippen LogP contribution in [0.2, 0.25) is 0 Å². The molecule has 1 atom stereocenters. The Bertz CT molecular complexity index is 866. The molecule has 1 aromatic carbocycles. The van der Waals surface area contributed by atoms with Crippen LogP contribution in [0.1, 0.15) is 24.1 Å². The maximum Gasteiger partial charge on any atom is 0.227 e. The summed E-state index contributed by atoms with van der Waals surface area (Å²) in [5.41, 5.74) is 1.19. The third-order valence-corrected chi connectivity index (χ3v) is 5.69. The van der Waals surface area contributed by atoms with Crippen molar-refractivity contribution in [3.8, 4) is 0 Å². The molecule has 0 bridgehead atoms. The van der Waals surface area contributed by atoms with Crippen LogP contribution in [-0.2, 0) is 27.7 Å². The van der Waals surface area contributed by atoms with Gasteiger partial charge in [-0.3, -0.25) is 4.90 Å². The van der Waals surface area contributed by atoms with E-state index in [2.05, 4.69) is 9.88 Å². The lowest BCUT2D eigenvalue weighted by Crippen LogP contribution is -2.39. The Balaban J connectivity index is 1.90. The summed E-state index contributed by atoms with van der Waals surface area (Å²) < 4.78 is 45.4. The Labute approximate surface area is 153 Å². The number of rotatable bonds is 6. The largest absolute Gasteiger partial charge is 0.380 e. The van der Waals surface area contributed by atoms with Gasteiger partial charge in [0.1, 0.15) is 5.82 Å². The van der Waals surface area contributed by atoms with Gasteiger partial charge in [0.25, 0.3) is 0 Å². The van der Waals surface area contributed by atoms with Gasteiger partial charge in [-0.2, -0.15) is 0 Å². The van der Waals surface area contributed by atoms with Crippen LogP contribution < -0.4 is 0 Å². The van der Waals surface area contributed by atoms with E-state index >= 15 is 0 Å². The number of hydrogen-bond donors (Lipinski definition) is 0. The molecule has 0 spiro atoms. The second-order valence-electron chi connectivity index (χ2n) is 6.72. The summed E-state index contributed by atoms with van der Waals surface area (Å²) in [6.45, 7) is 2.39. The number of aromatic nitrogens is 2. The highest BCUT2D eigenvalue weighted by molar-refractivity contribution is 7.90. The molecule has 1 saturated heterocycles. The number of methoxy groups -OCH3 is 1. The molecule has 0 N–H and O–H groups in total. The maximum atomic E-state index is 14.1. The third-order valence-electron chi connectivity index (χ3n) is 4.70. The summed E-state index contributed by atoms with van der Waals surface area (Å²) in [6, 6.07) is 6.39. The van der Waals surface area contributed by atoms with Crippen molar-refractivity contribution in [1.29, 1.82) is 0 Å². The van der Waals surface area contributed by atoms with Crippen LogP contribution in [0.15, 0.2) is 35.6 Å². The third kappa shape index (κ3) is 4.31. The van der Waals surface area contributed by atoms with Crippen molar-refractivity contribution in [1.82, 2.24) is 14.5 Å². The number of imidazole rings is 1. The van der Waals surface area contributed by atoms with Gasteiger partial charge in [-0.25, -0.2) is 17.8 Å². The molecule has 0 amide bonds. The van der Waals surface area contributed by atoms with Crippen molar-refractivity contribution in [3.05, 3.63) is 47.5 Å². The molecule has 26 heavy (non-hydrogen) atoms. The molecule has 6 nitrogen and oxygen atoms in total. The summed E-state index contributed by atoms with van der Waals surface area (Å²) in [6.07, 6.45) is 4.93. The van der Waals surface area contributed by atoms with E-state index in [0.29, 0.717) is 12.1 Å². The van der Waals surface area contributed by atoms with E-state index in [0.717, 1.165) is 37.9 Å². The number of likely N-dealkylation sites (tertiary alicyclic amines) is 1. The van der Waals surface area contributed by atoms with Crippen molar-refractivity contribution >= 4 is 9.84 Å². The summed E-state index contributed by atoms with van der Waals surface area (Å²) >= 11 is 0. The van der Waals surface area contributed by atoms with Crippen molar-refractivity contribution < 1.29 is 17.5 Å². The molecule has 1 aliphatic rings. The minimum Gasteiger partial charge on any atom is -0.380 e. The first-order chi connectivity index (χ1) is 12.4. The summed E-state index contributed by atoms with van der Waals surface area (Å²) in [5.74, 6) is -0.357. The molecular weight excluding hydrogens is 357 g/mol. The van der Waals surface area contributed by atoms with Gasteiger partial charge in [0.15, 0.2) is 0 Å². The van der Waals surface area contributed by atoms with Crippen LogP contribution in [0.3, 0.4) is 0 Å².